The Labute approximate surface area is 186 Å². The average molecular weight is 412 g/mol. The lowest BCUT2D eigenvalue weighted by Gasteiger charge is -2.27. The summed E-state index contributed by atoms with van der Waals surface area (Å²) in [6, 6.07) is 6.02. The number of hydrogen-bond acceptors (Lipinski definition) is 2. The zero-order chi connectivity index (χ0) is 22.6. The lowest BCUT2D eigenvalue weighted by molar-refractivity contribution is -0.131. The summed E-state index contributed by atoms with van der Waals surface area (Å²) in [4.78, 5) is 17.1. The minimum absolute atomic E-state index is 0.170. The molecule has 2 heteroatoms. The predicted molar refractivity (Wildman–Crippen MR) is 131 cm³/mol. The van der Waals surface area contributed by atoms with E-state index in [1.54, 1.807) is 0 Å². The van der Waals surface area contributed by atoms with Gasteiger partial charge in [-0.3, -0.25) is 9.78 Å². The number of nitrogens with zero attached hydrogens (tertiary/aromatic N) is 1. The minimum atomic E-state index is -0.170. The molecule has 0 aliphatic carbocycles. The average Bonchev–Trinajstić information content (AvgIpc) is 2.68. The Kier molecular flexibility index (Phi) is 11.9. The topological polar surface area (TPSA) is 30.0 Å². The van der Waals surface area contributed by atoms with E-state index in [2.05, 4.69) is 65.6 Å². The van der Waals surface area contributed by atoms with E-state index in [0.717, 1.165) is 44.2 Å². The maximum Gasteiger partial charge on any atom is 0.141 e. The first-order valence-corrected chi connectivity index (χ1v) is 11.9. The number of Topliss-reactive ketones (excluding diaryl/α,β-unsaturated/α-hetero) is 1. The van der Waals surface area contributed by atoms with Gasteiger partial charge in [0.05, 0.1) is 5.69 Å². The molecule has 0 aliphatic heterocycles. The van der Waals surface area contributed by atoms with Crippen molar-refractivity contribution in [1.82, 2.24) is 4.98 Å². The van der Waals surface area contributed by atoms with Gasteiger partial charge in [-0.1, -0.05) is 70.7 Å². The largest absolute Gasteiger partial charge is 0.299 e. The number of pyridine rings is 1. The number of aromatic nitrogens is 1. The molecule has 0 bridgehead atoms. The van der Waals surface area contributed by atoms with Crippen molar-refractivity contribution in [3.63, 3.8) is 0 Å². The fraction of sp³-hybridized carbons (Fsp3) is 0.643. The molecule has 0 aromatic carbocycles. The Bertz CT molecular complexity index is 684. The molecule has 2 nitrogen and oxygen atoms in total. The highest BCUT2D eigenvalue weighted by Crippen LogP contribution is 2.30. The van der Waals surface area contributed by atoms with Crippen molar-refractivity contribution in [3.05, 3.63) is 47.3 Å². The molecule has 2 unspecified atom stereocenters. The zero-order valence-electron chi connectivity index (χ0n) is 20.6. The van der Waals surface area contributed by atoms with Crippen LogP contribution in [0.5, 0.6) is 0 Å². The van der Waals surface area contributed by atoms with E-state index in [1.807, 2.05) is 24.4 Å². The summed E-state index contributed by atoms with van der Waals surface area (Å²) in [5.74, 6) is 1.23. The Morgan fingerprint density at radius 2 is 1.87 bits per heavy atom. The van der Waals surface area contributed by atoms with E-state index in [1.165, 1.54) is 24.0 Å². The van der Waals surface area contributed by atoms with Gasteiger partial charge in [0.25, 0.3) is 0 Å². The number of rotatable bonds is 14. The minimum Gasteiger partial charge on any atom is -0.299 e. The number of allylic oxidation sites excluding steroid dienone is 3. The molecule has 30 heavy (non-hydrogen) atoms. The molecule has 1 aromatic rings. The first kappa shape index (κ1) is 26.3. The van der Waals surface area contributed by atoms with Crippen molar-refractivity contribution in [2.75, 3.05) is 0 Å². The number of hydrogen-bond donors (Lipinski definition) is 0. The normalized spacial score (nSPS) is 15.2. The fourth-order valence-corrected chi connectivity index (χ4v) is 4.41. The summed E-state index contributed by atoms with van der Waals surface area (Å²) in [7, 11) is 0. The molecule has 0 N–H and O–H groups in total. The van der Waals surface area contributed by atoms with Gasteiger partial charge >= 0.3 is 0 Å². The number of carbonyl (C=O) groups excluding carboxylic acids is 1. The molecule has 1 aromatic heterocycles. The van der Waals surface area contributed by atoms with Crippen molar-refractivity contribution in [2.45, 2.75) is 99.8 Å². The molecule has 0 fully saturated rings. The second kappa shape index (κ2) is 13.6. The van der Waals surface area contributed by atoms with Crippen LogP contribution in [0.2, 0.25) is 0 Å². The summed E-state index contributed by atoms with van der Waals surface area (Å²) in [6.45, 7) is 15.3. The van der Waals surface area contributed by atoms with Gasteiger partial charge in [0.1, 0.15) is 5.78 Å². The van der Waals surface area contributed by atoms with E-state index in [-0.39, 0.29) is 11.3 Å². The molecule has 168 valence electrons. The van der Waals surface area contributed by atoms with Crippen molar-refractivity contribution in [1.29, 1.82) is 0 Å². The SMILES string of the molecule is CCCC(C)(C)C(=O)C(C)CC(C)CCCC(C)=CCCC(C)=Cc1ccccn1. The third-order valence-electron chi connectivity index (χ3n) is 6.13. The molecule has 0 radical (unpaired) electrons. The van der Waals surface area contributed by atoms with Crippen molar-refractivity contribution in [3.8, 4) is 0 Å². The van der Waals surface area contributed by atoms with Crippen LogP contribution < -0.4 is 0 Å². The summed E-state index contributed by atoms with van der Waals surface area (Å²) in [5, 5.41) is 0. The predicted octanol–water partition coefficient (Wildman–Crippen LogP) is 8.44. The van der Waals surface area contributed by atoms with Gasteiger partial charge in [-0.25, -0.2) is 0 Å². The van der Waals surface area contributed by atoms with Crippen LogP contribution in [0.15, 0.2) is 41.6 Å². The van der Waals surface area contributed by atoms with E-state index in [0.29, 0.717) is 11.7 Å². The maximum atomic E-state index is 12.7. The van der Waals surface area contributed by atoms with Gasteiger partial charge in [0.15, 0.2) is 0 Å². The van der Waals surface area contributed by atoms with Gasteiger partial charge in [-0.2, -0.15) is 0 Å². The van der Waals surface area contributed by atoms with Crippen LogP contribution in [-0.4, -0.2) is 10.8 Å². The summed E-state index contributed by atoms with van der Waals surface area (Å²) in [5.41, 5.74) is 3.73. The third kappa shape index (κ3) is 10.4. The van der Waals surface area contributed by atoms with Gasteiger partial charge < -0.3 is 0 Å². The van der Waals surface area contributed by atoms with Crippen LogP contribution >= 0.6 is 0 Å². The van der Waals surface area contributed by atoms with Gasteiger partial charge in [-0.05, 0) is 76.5 Å². The van der Waals surface area contributed by atoms with Crippen LogP contribution in [0.1, 0.15) is 106 Å². The van der Waals surface area contributed by atoms with Gasteiger partial charge in [-0.15, -0.1) is 0 Å². The van der Waals surface area contributed by atoms with Crippen LogP contribution in [-0.2, 0) is 4.79 Å². The second-order valence-electron chi connectivity index (χ2n) is 9.97. The first-order valence-electron chi connectivity index (χ1n) is 11.9. The molecule has 1 rings (SSSR count). The monoisotopic (exact) mass is 411 g/mol. The fourth-order valence-electron chi connectivity index (χ4n) is 4.41. The van der Waals surface area contributed by atoms with E-state index in [4.69, 9.17) is 0 Å². The zero-order valence-corrected chi connectivity index (χ0v) is 20.6. The van der Waals surface area contributed by atoms with E-state index in [9.17, 15) is 4.79 Å². The van der Waals surface area contributed by atoms with E-state index >= 15 is 0 Å². The molecule has 0 aliphatic rings. The lowest BCUT2D eigenvalue weighted by Crippen LogP contribution is -2.30. The highest BCUT2D eigenvalue weighted by Gasteiger charge is 2.30. The Balaban J connectivity index is 2.31. The molecule has 2 atom stereocenters. The van der Waals surface area contributed by atoms with Crippen LogP contribution in [0, 0.1) is 17.3 Å². The maximum absolute atomic E-state index is 12.7. The third-order valence-corrected chi connectivity index (χ3v) is 6.13. The molecule has 0 saturated heterocycles. The first-order chi connectivity index (χ1) is 14.2. The quantitative estimate of drug-likeness (QED) is 0.287. The molecule has 0 spiro atoms. The number of ketones is 1. The molecular formula is C28H45NO. The summed E-state index contributed by atoms with van der Waals surface area (Å²) < 4.78 is 0. The standard InChI is InChI=1S/C28H45NO/c1-8-18-28(6,7)27(30)25(5)20-23(3)15-11-13-22(2)14-12-16-24(4)21-26-17-9-10-19-29-26/h9-10,14,17,19,21,23,25H,8,11-13,15-16,18,20H2,1-7H3. The molecular weight excluding hydrogens is 366 g/mol. The summed E-state index contributed by atoms with van der Waals surface area (Å²) >= 11 is 0. The summed E-state index contributed by atoms with van der Waals surface area (Å²) in [6.07, 6.45) is 15.2. The van der Waals surface area contributed by atoms with Crippen LogP contribution in [0.4, 0.5) is 0 Å². The van der Waals surface area contributed by atoms with Gasteiger partial charge in [0, 0.05) is 17.5 Å². The molecule has 1 heterocycles. The highest BCUT2D eigenvalue weighted by atomic mass is 16.1. The Morgan fingerprint density at radius 1 is 1.13 bits per heavy atom. The molecule has 0 saturated carbocycles. The molecule has 0 amide bonds. The van der Waals surface area contributed by atoms with Crippen LogP contribution in [0.3, 0.4) is 0 Å². The second-order valence-corrected chi connectivity index (χ2v) is 9.97. The van der Waals surface area contributed by atoms with Crippen molar-refractivity contribution < 1.29 is 4.79 Å². The van der Waals surface area contributed by atoms with E-state index < -0.39 is 0 Å². The van der Waals surface area contributed by atoms with Crippen molar-refractivity contribution in [2.24, 2.45) is 17.3 Å². The number of carbonyl (C=O) groups is 1. The lowest BCUT2D eigenvalue weighted by atomic mass is 9.76. The Hall–Kier alpha value is -1.70. The van der Waals surface area contributed by atoms with Crippen molar-refractivity contribution >= 4 is 11.9 Å². The Morgan fingerprint density at radius 3 is 2.50 bits per heavy atom. The highest BCUT2D eigenvalue weighted by molar-refractivity contribution is 5.86. The van der Waals surface area contributed by atoms with Crippen LogP contribution in [0.25, 0.3) is 6.08 Å². The van der Waals surface area contributed by atoms with Gasteiger partial charge in [0.2, 0.25) is 0 Å². The smallest absolute Gasteiger partial charge is 0.141 e.